The van der Waals surface area contributed by atoms with Crippen molar-refractivity contribution in [1.29, 1.82) is 0 Å². The zero-order chi connectivity index (χ0) is 24.4. The molecule has 1 amide bonds. The van der Waals surface area contributed by atoms with Gasteiger partial charge in [0.1, 0.15) is 17.3 Å². The van der Waals surface area contributed by atoms with Gasteiger partial charge in [-0.3, -0.25) is 4.79 Å². The van der Waals surface area contributed by atoms with E-state index in [9.17, 15) is 13.6 Å². The zero-order valence-corrected chi connectivity index (χ0v) is 19.7. The maximum Gasteiger partial charge on any atom is 0.287 e. The average molecular weight is 496 g/mol. The van der Waals surface area contributed by atoms with E-state index >= 15 is 0 Å². The van der Waals surface area contributed by atoms with Gasteiger partial charge in [-0.2, -0.15) is 0 Å². The van der Waals surface area contributed by atoms with E-state index in [0.29, 0.717) is 17.0 Å². The summed E-state index contributed by atoms with van der Waals surface area (Å²) < 4.78 is 34.9. The highest BCUT2D eigenvalue weighted by Gasteiger charge is 2.25. The molecule has 4 aromatic rings. The molecule has 0 spiro atoms. The molecule has 1 fully saturated rings. The molecule has 0 atom stereocenters. The van der Waals surface area contributed by atoms with Crippen molar-refractivity contribution in [3.05, 3.63) is 88.9 Å². The molecule has 1 aliphatic carbocycles. The number of carbonyl (C=O) groups excluding carboxylic acids is 1. The Morgan fingerprint density at radius 1 is 1.03 bits per heavy atom. The van der Waals surface area contributed by atoms with E-state index in [4.69, 9.17) is 16.0 Å². The van der Waals surface area contributed by atoms with Gasteiger partial charge in [0.05, 0.1) is 12.0 Å². The van der Waals surface area contributed by atoms with Crippen molar-refractivity contribution in [1.82, 2.24) is 14.9 Å². The minimum atomic E-state index is -0.438. The fourth-order valence-electron chi connectivity index (χ4n) is 4.57. The van der Waals surface area contributed by atoms with Crippen LogP contribution in [0.5, 0.6) is 0 Å². The van der Waals surface area contributed by atoms with Crippen molar-refractivity contribution in [2.24, 2.45) is 0 Å². The second-order valence-corrected chi connectivity index (χ2v) is 9.14. The summed E-state index contributed by atoms with van der Waals surface area (Å²) in [7, 11) is 0. The lowest BCUT2D eigenvalue weighted by Gasteiger charge is -2.24. The maximum atomic E-state index is 13.5. The van der Waals surface area contributed by atoms with Crippen LogP contribution < -0.4 is 5.32 Å². The number of nitrogens with zero attached hydrogens (tertiary/aromatic N) is 2. The largest absolute Gasteiger partial charge is 0.449 e. The van der Waals surface area contributed by atoms with Crippen molar-refractivity contribution in [2.45, 2.75) is 44.7 Å². The Labute approximate surface area is 206 Å². The molecule has 2 aromatic carbocycles. The molecular weight excluding hydrogens is 472 g/mol. The Morgan fingerprint density at radius 3 is 2.51 bits per heavy atom. The zero-order valence-electron chi connectivity index (χ0n) is 18.9. The number of aromatic nitrogens is 2. The van der Waals surface area contributed by atoms with Crippen LogP contribution in [0.4, 0.5) is 8.78 Å². The number of halogens is 3. The summed E-state index contributed by atoms with van der Waals surface area (Å²) in [4.78, 5) is 17.4. The lowest BCUT2D eigenvalue weighted by molar-refractivity contribution is 0.0924. The molecule has 0 radical (unpaired) electrons. The molecule has 8 heteroatoms. The summed E-state index contributed by atoms with van der Waals surface area (Å²) >= 11 is 6.06. The number of carbonyl (C=O) groups is 1. The van der Waals surface area contributed by atoms with Gasteiger partial charge in [-0.25, -0.2) is 13.8 Å². The first-order valence-corrected chi connectivity index (χ1v) is 12.0. The van der Waals surface area contributed by atoms with Gasteiger partial charge in [0.15, 0.2) is 11.5 Å². The first-order valence-electron chi connectivity index (χ1n) is 11.6. The summed E-state index contributed by atoms with van der Waals surface area (Å²) in [5, 5.41) is 3.00. The van der Waals surface area contributed by atoms with Gasteiger partial charge in [-0.1, -0.05) is 36.9 Å². The monoisotopic (exact) mass is 495 g/mol. The molecule has 35 heavy (non-hydrogen) atoms. The van der Waals surface area contributed by atoms with E-state index in [-0.39, 0.29) is 29.2 Å². The number of hydrogen-bond acceptors (Lipinski definition) is 3. The van der Waals surface area contributed by atoms with Crippen LogP contribution in [0.1, 0.15) is 54.3 Å². The molecule has 1 saturated carbocycles. The third-order valence-electron chi connectivity index (χ3n) is 6.40. The lowest BCUT2D eigenvalue weighted by atomic mass is 9.95. The number of hydrogen-bond donors (Lipinski definition) is 1. The van der Waals surface area contributed by atoms with Crippen molar-refractivity contribution in [3.63, 3.8) is 0 Å². The van der Waals surface area contributed by atoms with Crippen LogP contribution in [0, 0.1) is 11.6 Å². The van der Waals surface area contributed by atoms with E-state index in [2.05, 4.69) is 14.9 Å². The minimum absolute atomic E-state index is 0.134. The smallest absolute Gasteiger partial charge is 0.287 e. The van der Waals surface area contributed by atoms with Crippen LogP contribution in [0.25, 0.3) is 22.7 Å². The standard InChI is InChI=1S/C27H24ClF2N3O2/c28-22-14-20(30)11-8-18(22)15-31-27(34)24-13-12-23(35-24)26-25(17-6-9-19(29)10-7-17)32-16-33(26)21-4-2-1-3-5-21/h6-14,16,21H,1-5,15H2,(H,31,34). The molecule has 0 aliphatic heterocycles. The number of nitrogens with one attached hydrogen (secondary N) is 1. The Balaban J connectivity index is 1.44. The van der Waals surface area contributed by atoms with Crippen molar-refractivity contribution in [2.75, 3.05) is 0 Å². The Bertz CT molecular complexity index is 1340. The van der Waals surface area contributed by atoms with E-state index in [1.165, 1.54) is 36.8 Å². The van der Waals surface area contributed by atoms with Crippen molar-refractivity contribution >= 4 is 17.5 Å². The number of benzene rings is 2. The first kappa shape index (κ1) is 23.3. The van der Waals surface area contributed by atoms with E-state index in [1.807, 2.05) is 6.33 Å². The van der Waals surface area contributed by atoms with Gasteiger partial charge in [0, 0.05) is 23.2 Å². The highest BCUT2D eigenvalue weighted by atomic mass is 35.5. The van der Waals surface area contributed by atoms with Crippen LogP contribution in [0.3, 0.4) is 0 Å². The van der Waals surface area contributed by atoms with Gasteiger partial charge in [0.2, 0.25) is 0 Å². The summed E-state index contributed by atoms with van der Waals surface area (Å²) in [5.41, 5.74) is 2.81. The van der Waals surface area contributed by atoms with Crippen molar-refractivity contribution in [3.8, 4) is 22.7 Å². The molecule has 1 N–H and O–H groups in total. The highest BCUT2D eigenvalue weighted by molar-refractivity contribution is 6.31. The predicted octanol–water partition coefficient (Wildman–Crippen LogP) is 7.18. The van der Waals surface area contributed by atoms with Gasteiger partial charge < -0.3 is 14.3 Å². The van der Waals surface area contributed by atoms with Gasteiger partial charge >= 0.3 is 0 Å². The highest BCUT2D eigenvalue weighted by Crippen LogP contribution is 2.38. The van der Waals surface area contributed by atoms with E-state index in [1.54, 1.807) is 24.3 Å². The normalized spacial score (nSPS) is 14.3. The minimum Gasteiger partial charge on any atom is -0.449 e. The quantitative estimate of drug-likeness (QED) is 0.308. The second-order valence-electron chi connectivity index (χ2n) is 8.73. The summed E-state index contributed by atoms with van der Waals surface area (Å²) in [6.45, 7) is 0.134. The number of furan rings is 1. The Hall–Kier alpha value is -3.45. The molecule has 2 aromatic heterocycles. The van der Waals surface area contributed by atoms with Gasteiger partial charge in [-0.05, 0) is 66.9 Å². The number of rotatable bonds is 6. The van der Waals surface area contributed by atoms with Crippen LogP contribution in [-0.4, -0.2) is 15.5 Å². The van der Waals surface area contributed by atoms with Crippen LogP contribution in [0.2, 0.25) is 5.02 Å². The third-order valence-corrected chi connectivity index (χ3v) is 6.75. The third kappa shape index (κ3) is 5.00. The van der Waals surface area contributed by atoms with E-state index in [0.717, 1.165) is 36.9 Å². The molecule has 0 unspecified atom stereocenters. The molecule has 2 heterocycles. The molecular formula is C27H24ClF2N3O2. The second kappa shape index (κ2) is 10.0. The van der Waals surface area contributed by atoms with Gasteiger partial charge in [-0.15, -0.1) is 0 Å². The van der Waals surface area contributed by atoms with Gasteiger partial charge in [0.25, 0.3) is 5.91 Å². The van der Waals surface area contributed by atoms with Crippen LogP contribution in [-0.2, 0) is 6.54 Å². The number of imidazole rings is 1. The summed E-state index contributed by atoms with van der Waals surface area (Å²) in [6.07, 6.45) is 7.40. The molecule has 5 rings (SSSR count). The van der Waals surface area contributed by atoms with Crippen molar-refractivity contribution < 1.29 is 18.0 Å². The average Bonchev–Trinajstić information content (AvgIpc) is 3.52. The molecule has 180 valence electrons. The fraction of sp³-hybridized carbons (Fsp3) is 0.259. The lowest BCUT2D eigenvalue weighted by Crippen LogP contribution is -2.22. The molecule has 0 bridgehead atoms. The Morgan fingerprint density at radius 2 is 1.77 bits per heavy atom. The van der Waals surface area contributed by atoms with E-state index < -0.39 is 11.7 Å². The molecule has 1 aliphatic rings. The SMILES string of the molecule is O=C(NCc1ccc(F)cc1Cl)c1ccc(-c2c(-c3ccc(F)cc3)ncn2C2CCCCC2)o1. The predicted molar refractivity (Wildman–Crippen MR) is 130 cm³/mol. The fourth-order valence-corrected chi connectivity index (χ4v) is 4.81. The first-order chi connectivity index (χ1) is 17.0. The maximum absolute atomic E-state index is 13.5. The number of amides is 1. The topological polar surface area (TPSA) is 60.1 Å². The Kier molecular flexibility index (Phi) is 6.68. The summed E-state index contributed by atoms with van der Waals surface area (Å²) in [6, 6.07) is 13.9. The van der Waals surface area contributed by atoms with Crippen LogP contribution >= 0.6 is 11.6 Å². The molecule has 0 saturated heterocycles. The summed E-state index contributed by atoms with van der Waals surface area (Å²) in [5.74, 6) is -0.520. The van der Waals surface area contributed by atoms with Crippen LogP contribution in [0.15, 0.2) is 65.3 Å². The molecule has 5 nitrogen and oxygen atoms in total.